The number of carboxylic acid groups (broad SMARTS) is 1. The third-order valence-electron chi connectivity index (χ3n) is 3.65. The molecule has 108 valence electrons. The summed E-state index contributed by atoms with van der Waals surface area (Å²) in [4.78, 5) is 24.7. The summed E-state index contributed by atoms with van der Waals surface area (Å²) in [6.45, 7) is 4.92. The number of benzene rings is 1. The zero-order valence-corrected chi connectivity index (χ0v) is 11.8. The monoisotopic (exact) mass is 276 g/mol. The Hall–Kier alpha value is -2.04. The quantitative estimate of drug-likeness (QED) is 0.891. The molecule has 1 aromatic carbocycles. The molecule has 0 aromatic heterocycles. The van der Waals surface area contributed by atoms with Crippen molar-refractivity contribution in [3.63, 3.8) is 0 Å². The predicted octanol–water partition coefficient (Wildman–Crippen LogP) is 2.75. The molecule has 2 amide bonds. The van der Waals surface area contributed by atoms with Crippen LogP contribution in [0.25, 0.3) is 0 Å². The van der Waals surface area contributed by atoms with Crippen LogP contribution in [0.4, 0.5) is 10.5 Å². The Balaban J connectivity index is 2.04. The van der Waals surface area contributed by atoms with Gasteiger partial charge in [-0.15, -0.1) is 0 Å². The number of nitrogens with one attached hydrogen (secondary N) is 1. The summed E-state index contributed by atoms with van der Waals surface area (Å²) in [7, 11) is 0. The molecular weight excluding hydrogens is 256 g/mol. The van der Waals surface area contributed by atoms with E-state index in [0.29, 0.717) is 18.9 Å². The number of hydrogen-bond acceptors (Lipinski definition) is 2. The molecule has 1 saturated heterocycles. The Kier molecular flexibility index (Phi) is 4.27. The number of carboxylic acids is 1. The molecular formula is C15H20N2O3. The van der Waals surface area contributed by atoms with Crippen molar-refractivity contribution in [1.29, 1.82) is 0 Å². The molecule has 1 aromatic rings. The summed E-state index contributed by atoms with van der Waals surface area (Å²) < 4.78 is 0. The Morgan fingerprint density at radius 1 is 1.35 bits per heavy atom. The summed E-state index contributed by atoms with van der Waals surface area (Å²) in [5.74, 6) is -0.958. The third kappa shape index (κ3) is 3.10. The third-order valence-corrected chi connectivity index (χ3v) is 3.65. The number of rotatable bonds is 3. The van der Waals surface area contributed by atoms with E-state index < -0.39 is 11.9 Å². The Morgan fingerprint density at radius 2 is 2.05 bits per heavy atom. The molecule has 1 fully saturated rings. The van der Waals surface area contributed by atoms with E-state index in [9.17, 15) is 9.59 Å². The molecule has 1 heterocycles. The molecule has 0 aliphatic carbocycles. The lowest BCUT2D eigenvalue weighted by molar-refractivity contribution is -0.141. The first-order valence-electron chi connectivity index (χ1n) is 6.86. The van der Waals surface area contributed by atoms with Gasteiger partial charge in [0.1, 0.15) is 0 Å². The summed E-state index contributed by atoms with van der Waals surface area (Å²) in [5, 5.41) is 11.8. The second-order valence-electron chi connectivity index (χ2n) is 5.44. The highest BCUT2D eigenvalue weighted by molar-refractivity contribution is 5.91. The van der Waals surface area contributed by atoms with Gasteiger partial charge in [-0.3, -0.25) is 4.79 Å². The number of carbonyl (C=O) groups excluding carboxylic acids is 1. The molecule has 5 nitrogen and oxygen atoms in total. The number of carbonyl (C=O) groups is 2. The van der Waals surface area contributed by atoms with E-state index in [1.807, 2.05) is 24.3 Å². The first-order chi connectivity index (χ1) is 9.49. The number of urea groups is 1. The smallest absolute Gasteiger partial charge is 0.321 e. The van der Waals surface area contributed by atoms with Gasteiger partial charge < -0.3 is 15.3 Å². The lowest BCUT2D eigenvalue weighted by Gasteiger charge is -2.19. The van der Waals surface area contributed by atoms with Crippen LogP contribution in [-0.2, 0) is 4.79 Å². The molecule has 2 N–H and O–H groups in total. The van der Waals surface area contributed by atoms with Crippen molar-refractivity contribution in [2.75, 3.05) is 18.4 Å². The zero-order chi connectivity index (χ0) is 14.7. The van der Waals surface area contributed by atoms with E-state index in [1.165, 1.54) is 0 Å². The Morgan fingerprint density at radius 3 is 2.65 bits per heavy atom. The highest BCUT2D eigenvalue weighted by atomic mass is 16.4. The van der Waals surface area contributed by atoms with Crippen molar-refractivity contribution >= 4 is 17.7 Å². The summed E-state index contributed by atoms with van der Waals surface area (Å²) in [6.07, 6.45) is 0.522. The topological polar surface area (TPSA) is 69.6 Å². The normalized spacial score (nSPS) is 18.4. The molecule has 1 aliphatic rings. The first kappa shape index (κ1) is 14.4. The molecule has 0 radical (unpaired) electrons. The van der Waals surface area contributed by atoms with E-state index in [4.69, 9.17) is 5.11 Å². The van der Waals surface area contributed by atoms with E-state index in [-0.39, 0.29) is 12.6 Å². The minimum absolute atomic E-state index is 0.221. The van der Waals surface area contributed by atoms with Crippen LogP contribution in [0.3, 0.4) is 0 Å². The average Bonchev–Trinajstić information content (AvgIpc) is 2.89. The second kappa shape index (κ2) is 5.94. The van der Waals surface area contributed by atoms with E-state index in [2.05, 4.69) is 19.2 Å². The van der Waals surface area contributed by atoms with Gasteiger partial charge in [0.25, 0.3) is 0 Å². The lowest BCUT2D eigenvalue weighted by Crippen LogP contribution is -2.34. The van der Waals surface area contributed by atoms with Gasteiger partial charge in [-0.25, -0.2) is 4.79 Å². The van der Waals surface area contributed by atoms with Crippen molar-refractivity contribution in [3.05, 3.63) is 29.8 Å². The molecule has 1 unspecified atom stereocenters. The fraction of sp³-hybridized carbons (Fsp3) is 0.467. The fourth-order valence-electron chi connectivity index (χ4n) is 2.45. The summed E-state index contributed by atoms with van der Waals surface area (Å²) in [6, 6.07) is 7.47. The number of amides is 2. The van der Waals surface area contributed by atoms with Crippen LogP contribution in [0.2, 0.25) is 0 Å². The molecule has 1 atom stereocenters. The minimum Gasteiger partial charge on any atom is -0.481 e. The van der Waals surface area contributed by atoms with Crippen LogP contribution >= 0.6 is 0 Å². The standard InChI is InChI=1S/C15H20N2O3/c1-10(2)12-5-3-4-6-13(12)16-15(20)17-8-7-11(9-17)14(18)19/h3-6,10-11H,7-9H2,1-2H3,(H,16,20)(H,18,19). The van der Waals surface area contributed by atoms with Gasteiger partial charge in [0.2, 0.25) is 0 Å². The molecule has 20 heavy (non-hydrogen) atoms. The van der Waals surface area contributed by atoms with Crippen molar-refractivity contribution in [2.45, 2.75) is 26.2 Å². The van der Waals surface area contributed by atoms with Gasteiger partial charge >= 0.3 is 12.0 Å². The fourth-order valence-corrected chi connectivity index (χ4v) is 2.45. The van der Waals surface area contributed by atoms with Crippen LogP contribution in [0.5, 0.6) is 0 Å². The zero-order valence-electron chi connectivity index (χ0n) is 11.8. The van der Waals surface area contributed by atoms with Crippen LogP contribution < -0.4 is 5.32 Å². The second-order valence-corrected chi connectivity index (χ2v) is 5.44. The number of likely N-dealkylation sites (tertiary alicyclic amines) is 1. The molecule has 5 heteroatoms. The van der Waals surface area contributed by atoms with E-state index >= 15 is 0 Å². The van der Waals surface area contributed by atoms with Crippen LogP contribution in [0, 0.1) is 5.92 Å². The maximum atomic E-state index is 12.2. The number of para-hydroxylation sites is 1. The number of nitrogens with zero attached hydrogens (tertiary/aromatic N) is 1. The molecule has 0 saturated carbocycles. The van der Waals surface area contributed by atoms with Crippen LogP contribution in [-0.4, -0.2) is 35.1 Å². The number of hydrogen-bond donors (Lipinski definition) is 2. The predicted molar refractivity (Wildman–Crippen MR) is 76.9 cm³/mol. The SMILES string of the molecule is CC(C)c1ccccc1NC(=O)N1CCC(C(=O)O)C1. The maximum absolute atomic E-state index is 12.2. The van der Waals surface area contributed by atoms with Gasteiger partial charge in [-0.05, 0) is 24.0 Å². The van der Waals surface area contributed by atoms with Gasteiger partial charge in [0.05, 0.1) is 5.92 Å². The van der Waals surface area contributed by atoms with Crippen molar-refractivity contribution in [1.82, 2.24) is 4.90 Å². The lowest BCUT2D eigenvalue weighted by atomic mass is 10.0. The number of anilines is 1. The average molecular weight is 276 g/mol. The molecule has 2 rings (SSSR count). The summed E-state index contributed by atoms with van der Waals surface area (Å²) in [5.41, 5.74) is 1.88. The molecule has 0 bridgehead atoms. The number of aliphatic carboxylic acids is 1. The van der Waals surface area contributed by atoms with Gasteiger partial charge in [-0.1, -0.05) is 32.0 Å². The highest BCUT2D eigenvalue weighted by Crippen LogP contribution is 2.25. The Labute approximate surface area is 118 Å². The summed E-state index contributed by atoms with van der Waals surface area (Å²) >= 11 is 0. The van der Waals surface area contributed by atoms with Gasteiger partial charge in [0, 0.05) is 18.8 Å². The van der Waals surface area contributed by atoms with E-state index in [0.717, 1.165) is 11.3 Å². The Bertz CT molecular complexity index is 514. The van der Waals surface area contributed by atoms with Crippen molar-refractivity contribution in [2.24, 2.45) is 5.92 Å². The van der Waals surface area contributed by atoms with Gasteiger partial charge in [-0.2, -0.15) is 0 Å². The molecule has 0 spiro atoms. The van der Waals surface area contributed by atoms with Crippen molar-refractivity contribution in [3.8, 4) is 0 Å². The van der Waals surface area contributed by atoms with Crippen LogP contribution in [0.1, 0.15) is 31.7 Å². The molecule has 1 aliphatic heterocycles. The first-order valence-corrected chi connectivity index (χ1v) is 6.86. The highest BCUT2D eigenvalue weighted by Gasteiger charge is 2.31. The van der Waals surface area contributed by atoms with E-state index in [1.54, 1.807) is 4.90 Å². The largest absolute Gasteiger partial charge is 0.481 e. The maximum Gasteiger partial charge on any atom is 0.321 e. The van der Waals surface area contributed by atoms with Crippen molar-refractivity contribution < 1.29 is 14.7 Å². The van der Waals surface area contributed by atoms with Crippen LogP contribution in [0.15, 0.2) is 24.3 Å². The van der Waals surface area contributed by atoms with Gasteiger partial charge in [0.15, 0.2) is 0 Å². The minimum atomic E-state index is -0.831.